The van der Waals surface area contributed by atoms with Crippen molar-refractivity contribution in [2.45, 2.75) is 45.5 Å². The average molecular weight is 781 g/mol. The molecule has 0 fully saturated rings. The topological polar surface area (TPSA) is 118 Å². The molecule has 0 bridgehead atoms. The lowest BCUT2D eigenvalue weighted by Gasteiger charge is -2.13. The van der Waals surface area contributed by atoms with Crippen LogP contribution in [0, 0.1) is 11.6 Å². The molecule has 3 N–H and O–H groups in total. The minimum Gasteiger partial charge on any atom is -0.411 e. The van der Waals surface area contributed by atoms with Gasteiger partial charge in [-0.1, -0.05) is 35.8 Å². The molecule has 2 aliphatic rings. The third-order valence-corrected chi connectivity index (χ3v) is 8.79. The number of fused-ring (bicyclic) bond motifs is 2. The van der Waals surface area contributed by atoms with Gasteiger partial charge >= 0.3 is 12.4 Å². The fourth-order valence-corrected chi connectivity index (χ4v) is 6.55. The molecule has 2 aromatic heterocycles. The summed E-state index contributed by atoms with van der Waals surface area (Å²) in [5, 5.41) is 16.3. The summed E-state index contributed by atoms with van der Waals surface area (Å²) in [7, 11) is 2.20. The van der Waals surface area contributed by atoms with Crippen molar-refractivity contribution in [1.82, 2.24) is 9.13 Å². The van der Waals surface area contributed by atoms with Gasteiger partial charge in [0.15, 0.2) is 5.78 Å². The molecule has 2 amide bonds. The number of anilines is 2. The fraction of sp³-hybridized carbons (Fsp3) is 0.273. The van der Waals surface area contributed by atoms with E-state index in [0.717, 1.165) is 42.9 Å². The monoisotopic (exact) mass is 779 g/mol. The zero-order valence-corrected chi connectivity index (χ0v) is 27.6. The van der Waals surface area contributed by atoms with E-state index >= 15 is 0 Å². The Morgan fingerprint density at radius 3 is 1.54 bits per heavy atom. The van der Waals surface area contributed by atoms with Crippen molar-refractivity contribution < 1.29 is 54.7 Å². The molecule has 0 aliphatic heterocycles. The van der Waals surface area contributed by atoms with Gasteiger partial charge in [0, 0.05) is 37.5 Å². The lowest BCUT2D eigenvalue weighted by atomic mass is 10.1. The summed E-state index contributed by atoms with van der Waals surface area (Å²) in [4.78, 5) is 36.9. The predicted octanol–water partition coefficient (Wildman–Crippen LogP) is 9.07. The van der Waals surface area contributed by atoms with Gasteiger partial charge in [-0.15, -0.1) is 0 Å². The molecule has 6 rings (SSSR count). The Hall–Kier alpha value is -4.90. The summed E-state index contributed by atoms with van der Waals surface area (Å²) in [6.07, 6.45) is -9.30. The van der Waals surface area contributed by atoms with Crippen molar-refractivity contribution >= 4 is 57.9 Å². The van der Waals surface area contributed by atoms with Crippen LogP contribution in [0.4, 0.5) is 46.5 Å². The number of amides is 2. The molecule has 19 heteroatoms. The Morgan fingerprint density at radius 2 is 1.13 bits per heavy atom. The smallest absolute Gasteiger partial charge is 0.411 e. The minimum atomic E-state index is -4.77. The van der Waals surface area contributed by atoms with Gasteiger partial charge in [0.2, 0.25) is 0 Å². The van der Waals surface area contributed by atoms with Gasteiger partial charge in [0.1, 0.15) is 34.4 Å². The van der Waals surface area contributed by atoms with Crippen LogP contribution in [0.25, 0.3) is 0 Å². The van der Waals surface area contributed by atoms with Crippen LogP contribution in [0.3, 0.4) is 0 Å². The molecule has 0 unspecified atom stereocenters. The highest BCUT2D eigenvalue weighted by Crippen LogP contribution is 2.42. The maximum Gasteiger partial charge on any atom is 0.432 e. The van der Waals surface area contributed by atoms with Crippen LogP contribution >= 0.6 is 23.2 Å². The van der Waals surface area contributed by atoms with Gasteiger partial charge in [-0.3, -0.25) is 14.4 Å². The van der Waals surface area contributed by atoms with Crippen molar-refractivity contribution in [2.24, 2.45) is 19.3 Å². The molecule has 278 valence electrons. The van der Waals surface area contributed by atoms with Gasteiger partial charge in [-0.2, -0.15) is 26.3 Å². The Morgan fingerprint density at radius 1 is 0.731 bits per heavy atom. The molecule has 2 aromatic carbocycles. The molecule has 2 heterocycles. The minimum absolute atomic E-state index is 0. The van der Waals surface area contributed by atoms with Crippen molar-refractivity contribution in [2.75, 3.05) is 10.6 Å². The lowest BCUT2D eigenvalue weighted by Crippen LogP contribution is -2.21. The number of hydrogen-bond donors (Lipinski definition) is 3. The van der Waals surface area contributed by atoms with E-state index in [1.807, 2.05) is 0 Å². The number of oxime groups is 1. The molecular formula is C33H27Cl2F8N5O4. The molecule has 9 nitrogen and oxygen atoms in total. The second-order valence-corrected chi connectivity index (χ2v) is 12.2. The number of rotatable bonds is 4. The van der Waals surface area contributed by atoms with Crippen LogP contribution in [-0.2, 0) is 39.3 Å². The summed E-state index contributed by atoms with van der Waals surface area (Å²) in [6.45, 7) is 0. The van der Waals surface area contributed by atoms with Crippen LogP contribution in [0.2, 0.25) is 10.0 Å². The van der Waals surface area contributed by atoms with E-state index in [1.54, 1.807) is 0 Å². The van der Waals surface area contributed by atoms with Gasteiger partial charge < -0.3 is 25.0 Å². The number of halogens is 10. The first-order valence-electron chi connectivity index (χ1n) is 14.6. The van der Waals surface area contributed by atoms with Gasteiger partial charge in [0.05, 0.1) is 21.3 Å². The number of Topliss-reactive ketones (excluding diaryl/α,β-unsaturated/α-hetero) is 1. The van der Waals surface area contributed by atoms with Crippen molar-refractivity contribution in [3.63, 3.8) is 0 Å². The standard InChI is InChI=1S/C16H12ClF4N3O2.C16H11ClF4N2O2.CH4/c1-24-13(15(25)22-7-2-4-10(18)9(17)6-7)8-3-5-11(23-26)12(8)14(24)16(19,20)21;1-23-13(15(25)22-7-2-4-10(18)9(17)6-7)8-3-5-11(24)12(8)14(23)16(19,20)21;/h2,4,6,26H,3,5H2,1H3,(H,22,25);2,4,6H,3,5H2,1H3,(H,22,25);1H4. The number of nitrogens with one attached hydrogen (secondary N) is 2. The first-order chi connectivity index (χ1) is 23.8. The molecule has 0 saturated carbocycles. The maximum absolute atomic E-state index is 13.5. The lowest BCUT2D eigenvalue weighted by molar-refractivity contribution is -0.144. The highest BCUT2D eigenvalue weighted by Gasteiger charge is 2.46. The quantitative estimate of drug-likeness (QED) is 0.109. The van der Waals surface area contributed by atoms with Crippen molar-refractivity contribution in [3.8, 4) is 0 Å². The maximum atomic E-state index is 13.5. The largest absolute Gasteiger partial charge is 0.432 e. The molecule has 0 spiro atoms. The SMILES string of the molecule is C.Cn1c(C(=O)Nc2ccc(F)c(Cl)c2)c2c(c1C(F)(F)F)C(=NO)CC2.Cn1c(C(=O)Nc2ccc(F)c(Cl)c2)c2c(c1C(F)(F)F)C(=O)CC2. The molecule has 52 heavy (non-hydrogen) atoms. The van der Waals surface area contributed by atoms with E-state index in [1.165, 1.54) is 12.1 Å². The van der Waals surface area contributed by atoms with Crippen molar-refractivity contribution in [1.29, 1.82) is 0 Å². The fourth-order valence-electron chi connectivity index (χ4n) is 6.19. The molecule has 2 aliphatic carbocycles. The van der Waals surface area contributed by atoms with Crippen LogP contribution in [-0.4, -0.2) is 37.7 Å². The van der Waals surface area contributed by atoms with E-state index < -0.39 is 58.5 Å². The summed E-state index contributed by atoms with van der Waals surface area (Å²) >= 11 is 11.3. The number of aromatic nitrogens is 2. The third kappa shape index (κ3) is 7.37. The normalized spacial score (nSPS) is 14.4. The van der Waals surface area contributed by atoms with E-state index in [0.29, 0.717) is 4.57 Å². The first kappa shape index (κ1) is 39.9. The van der Waals surface area contributed by atoms with Gasteiger partial charge in [-0.05, 0) is 66.8 Å². The van der Waals surface area contributed by atoms with Crippen LogP contribution in [0.15, 0.2) is 41.6 Å². The number of benzene rings is 2. The number of nitrogens with zero attached hydrogens (tertiary/aromatic N) is 3. The summed E-state index contributed by atoms with van der Waals surface area (Å²) < 4.78 is 108. The van der Waals surface area contributed by atoms with Gasteiger partial charge in [0.25, 0.3) is 11.8 Å². The number of hydrogen-bond acceptors (Lipinski definition) is 5. The number of carbonyl (C=O) groups excluding carboxylic acids is 3. The molecule has 4 aromatic rings. The summed E-state index contributed by atoms with van der Waals surface area (Å²) in [6, 6.07) is 6.84. The summed E-state index contributed by atoms with van der Waals surface area (Å²) in [5.41, 5.74) is -2.98. The molecular weight excluding hydrogens is 753 g/mol. The molecule has 0 atom stereocenters. The Kier molecular flexibility index (Phi) is 11.2. The second kappa shape index (κ2) is 14.6. The van der Waals surface area contributed by atoms with E-state index in [2.05, 4.69) is 15.8 Å². The zero-order valence-electron chi connectivity index (χ0n) is 26.1. The summed E-state index contributed by atoms with van der Waals surface area (Å²) in [5.74, 6) is -3.65. The Bertz CT molecular complexity index is 2140. The third-order valence-electron chi connectivity index (χ3n) is 8.21. The van der Waals surface area contributed by atoms with E-state index in [4.69, 9.17) is 28.4 Å². The van der Waals surface area contributed by atoms with E-state index in [-0.39, 0.29) is 88.3 Å². The first-order valence-corrected chi connectivity index (χ1v) is 15.4. The highest BCUT2D eigenvalue weighted by molar-refractivity contribution is 6.31. The highest BCUT2D eigenvalue weighted by atomic mass is 35.5. The van der Waals surface area contributed by atoms with Crippen molar-refractivity contribution in [3.05, 3.63) is 103 Å². The molecule has 0 radical (unpaired) electrons. The predicted molar refractivity (Wildman–Crippen MR) is 176 cm³/mol. The van der Waals surface area contributed by atoms with Crippen LogP contribution < -0.4 is 10.6 Å². The van der Waals surface area contributed by atoms with Gasteiger partial charge in [-0.25, -0.2) is 8.78 Å². The van der Waals surface area contributed by atoms with Crippen LogP contribution in [0.5, 0.6) is 0 Å². The number of carbonyl (C=O) groups is 3. The Balaban J connectivity index is 0.000000228. The number of alkyl halides is 6. The second-order valence-electron chi connectivity index (χ2n) is 11.4. The molecule has 0 saturated heterocycles. The average Bonchev–Trinajstić information content (AvgIpc) is 3.75. The van der Waals surface area contributed by atoms with E-state index in [9.17, 15) is 49.5 Å². The number of ketones is 1. The Labute approximate surface area is 299 Å². The zero-order chi connectivity index (χ0) is 37.7. The van der Waals surface area contributed by atoms with Crippen LogP contribution in [0.1, 0.15) is 79.7 Å².